The summed E-state index contributed by atoms with van der Waals surface area (Å²) in [4.78, 5) is 27.3. The van der Waals surface area contributed by atoms with Crippen LogP contribution in [0.1, 0.15) is 31.4 Å². The topological polar surface area (TPSA) is 40.6 Å². The van der Waals surface area contributed by atoms with Crippen LogP contribution < -0.4 is 9.80 Å². The molecular formula is C21H23F3N2O2. The van der Waals surface area contributed by atoms with E-state index in [4.69, 9.17) is 0 Å². The Kier molecular flexibility index (Phi) is 6.83. The quantitative estimate of drug-likeness (QED) is 0.708. The highest BCUT2D eigenvalue weighted by Gasteiger charge is 2.35. The van der Waals surface area contributed by atoms with Crippen molar-refractivity contribution in [3.8, 4) is 0 Å². The standard InChI is InChI=1S/C21H23F3N2O2/c1-4-25(17-9-7-8-15(2)14-17)20(28)12-13-26(16(3)27)19-11-6-5-10-18(19)21(22,23)24/h5-11,14H,4,12-13H2,1-3H3. The van der Waals surface area contributed by atoms with Gasteiger partial charge in [-0.25, -0.2) is 0 Å². The first-order valence-electron chi connectivity index (χ1n) is 8.96. The minimum atomic E-state index is -4.59. The van der Waals surface area contributed by atoms with E-state index < -0.39 is 17.6 Å². The number of alkyl halides is 3. The zero-order valence-electron chi connectivity index (χ0n) is 16.1. The summed E-state index contributed by atoms with van der Waals surface area (Å²) in [7, 11) is 0. The highest BCUT2D eigenvalue weighted by atomic mass is 19.4. The Labute approximate surface area is 162 Å². The van der Waals surface area contributed by atoms with Gasteiger partial charge in [0.15, 0.2) is 0 Å². The zero-order chi connectivity index (χ0) is 20.9. The number of anilines is 2. The molecule has 0 saturated heterocycles. The van der Waals surface area contributed by atoms with Crippen LogP contribution >= 0.6 is 0 Å². The molecule has 28 heavy (non-hydrogen) atoms. The molecule has 0 bridgehead atoms. The minimum absolute atomic E-state index is 0.0897. The summed E-state index contributed by atoms with van der Waals surface area (Å²) in [6, 6.07) is 12.3. The van der Waals surface area contributed by atoms with Crippen molar-refractivity contribution in [2.45, 2.75) is 33.4 Å². The predicted octanol–water partition coefficient (Wildman–Crippen LogP) is 4.81. The number of carbonyl (C=O) groups is 2. The van der Waals surface area contributed by atoms with E-state index in [0.29, 0.717) is 6.54 Å². The van der Waals surface area contributed by atoms with E-state index in [0.717, 1.165) is 22.2 Å². The molecule has 7 heteroatoms. The van der Waals surface area contributed by atoms with Crippen LogP contribution in [0.15, 0.2) is 48.5 Å². The van der Waals surface area contributed by atoms with Crippen LogP contribution in [0.3, 0.4) is 0 Å². The maximum absolute atomic E-state index is 13.3. The van der Waals surface area contributed by atoms with E-state index >= 15 is 0 Å². The van der Waals surface area contributed by atoms with Crippen molar-refractivity contribution in [3.05, 3.63) is 59.7 Å². The number of rotatable bonds is 6. The van der Waals surface area contributed by atoms with Gasteiger partial charge in [-0.1, -0.05) is 24.3 Å². The third-order valence-corrected chi connectivity index (χ3v) is 4.36. The molecule has 0 aliphatic rings. The van der Waals surface area contributed by atoms with Crippen molar-refractivity contribution in [1.29, 1.82) is 0 Å². The van der Waals surface area contributed by atoms with Gasteiger partial charge in [-0.05, 0) is 43.7 Å². The third-order valence-electron chi connectivity index (χ3n) is 4.36. The van der Waals surface area contributed by atoms with Crippen LogP contribution in [0.2, 0.25) is 0 Å². The summed E-state index contributed by atoms with van der Waals surface area (Å²) < 4.78 is 39.9. The lowest BCUT2D eigenvalue weighted by Crippen LogP contribution is -2.37. The van der Waals surface area contributed by atoms with Crippen molar-refractivity contribution in [1.82, 2.24) is 0 Å². The minimum Gasteiger partial charge on any atom is -0.313 e. The lowest BCUT2D eigenvalue weighted by Gasteiger charge is -2.26. The number of hydrogen-bond acceptors (Lipinski definition) is 2. The van der Waals surface area contributed by atoms with Crippen molar-refractivity contribution >= 4 is 23.2 Å². The second-order valence-electron chi connectivity index (χ2n) is 6.41. The number of hydrogen-bond donors (Lipinski definition) is 0. The number of aryl methyl sites for hydroxylation is 1. The largest absolute Gasteiger partial charge is 0.418 e. The highest BCUT2D eigenvalue weighted by Crippen LogP contribution is 2.36. The number of nitrogens with zero attached hydrogens (tertiary/aromatic N) is 2. The lowest BCUT2D eigenvalue weighted by atomic mass is 10.1. The fraction of sp³-hybridized carbons (Fsp3) is 0.333. The summed E-state index contributed by atoms with van der Waals surface area (Å²) in [6.45, 7) is 5.20. The molecule has 0 heterocycles. The third kappa shape index (κ3) is 5.12. The van der Waals surface area contributed by atoms with Gasteiger partial charge in [0, 0.05) is 32.1 Å². The molecule has 150 valence electrons. The Balaban J connectivity index is 2.22. The van der Waals surface area contributed by atoms with Gasteiger partial charge in [-0.3, -0.25) is 9.59 Å². The lowest BCUT2D eigenvalue weighted by molar-refractivity contribution is -0.137. The number of para-hydroxylation sites is 1. The van der Waals surface area contributed by atoms with Crippen LogP contribution in [0.5, 0.6) is 0 Å². The van der Waals surface area contributed by atoms with Crippen molar-refractivity contribution in [3.63, 3.8) is 0 Å². The summed E-state index contributed by atoms with van der Waals surface area (Å²) in [5, 5.41) is 0. The van der Waals surface area contributed by atoms with Gasteiger partial charge in [0.1, 0.15) is 0 Å². The van der Waals surface area contributed by atoms with Gasteiger partial charge in [-0.15, -0.1) is 0 Å². The molecule has 0 atom stereocenters. The van der Waals surface area contributed by atoms with Gasteiger partial charge >= 0.3 is 6.18 Å². The zero-order valence-corrected chi connectivity index (χ0v) is 16.1. The van der Waals surface area contributed by atoms with Gasteiger partial charge < -0.3 is 9.80 Å². The summed E-state index contributed by atoms with van der Waals surface area (Å²) in [5.41, 5.74) is 0.573. The Morgan fingerprint density at radius 2 is 1.68 bits per heavy atom. The van der Waals surface area contributed by atoms with Crippen LogP contribution in [0.4, 0.5) is 24.5 Å². The van der Waals surface area contributed by atoms with Crippen molar-refractivity contribution in [2.75, 3.05) is 22.9 Å². The molecule has 2 aromatic carbocycles. The molecule has 0 N–H and O–H groups in total. The molecule has 0 spiro atoms. The van der Waals surface area contributed by atoms with Crippen LogP contribution in [0, 0.1) is 6.92 Å². The molecule has 0 unspecified atom stereocenters. The second kappa shape index (κ2) is 8.91. The summed E-state index contributed by atoms with van der Waals surface area (Å²) in [6.07, 6.45) is -4.68. The summed E-state index contributed by atoms with van der Waals surface area (Å²) >= 11 is 0. The molecule has 0 aliphatic carbocycles. The smallest absolute Gasteiger partial charge is 0.313 e. The number of halogens is 3. The van der Waals surface area contributed by atoms with Gasteiger partial charge in [0.05, 0.1) is 11.3 Å². The van der Waals surface area contributed by atoms with Gasteiger partial charge in [-0.2, -0.15) is 13.2 Å². The van der Waals surface area contributed by atoms with Crippen LogP contribution in [-0.4, -0.2) is 24.9 Å². The molecule has 0 fully saturated rings. The van der Waals surface area contributed by atoms with Crippen LogP contribution in [-0.2, 0) is 15.8 Å². The summed E-state index contributed by atoms with van der Waals surface area (Å²) in [5.74, 6) is -0.813. The average Bonchev–Trinajstić information content (AvgIpc) is 2.62. The molecule has 4 nitrogen and oxygen atoms in total. The molecular weight excluding hydrogens is 369 g/mol. The van der Waals surface area contributed by atoms with E-state index in [1.54, 1.807) is 11.0 Å². The van der Waals surface area contributed by atoms with E-state index in [1.165, 1.54) is 25.1 Å². The molecule has 2 amide bonds. The van der Waals surface area contributed by atoms with E-state index in [9.17, 15) is 22.8 Å². The molecule has 2 aromatic rings. The average molecular weight is 392 g/mol. The monoisotopic (exact) mass is 392 g/mol. The van der Waals surface area contributed by atoms with Crippen molar-refractivity contribution < 1.29 is 22.8 Å². The van der Waals surface area contributed by atoms with E-state index in [1.807, 2.05) is 32.0 Å². The maximum Gasteiger partial charge on any atom is 0.418 e. The molecule has 0 aliphatic heterocycles. The fourth-order valence-corrected chi connectivity index (χ4v) is 3.04. The SMILES string of the molecule is CCN(C(=O)CCN(C(C)=O)c1ccccc1C(F)(F)F)c1cccc(C)c1. The fourth-order valence-electron chi connectivity index (χ4n) is 3.04. The van der Waals surface area contributed by atoms with E-state index in [-0.39, 0.29) is 24.6 Å². The molecule has 0 aromatic heterocycles. The first-order valence-corrected chi connectivity index (χ1v) is 8.96. The Hall–Kier alpha value is -2.83. The Morgan fingerprint density at radius 1 is 1.00 bits per heavy atom. The predicted molar refractivity (Wildman–Crippen MR) is 103 cm³/mol. The number of benzene rings is 2. The molecule has 0 radical (unpaired) electrons. The highest BCUT2D eigenvalue weighted by molar-refractivity contribution is 5.96. The first-order chi connectivity index (χ1) is 13.1. The van der Waals surface area contributed by atoms with Crippen molar-refractivity contribution in [2.24, 2.45) is 0 Å². The van der Waals surface area contributed by atoms with Crippen LogP contribution in [0.25, 0.3) is 0 Å². The Morgan fingerprint density at radius 3 is 2.25 bits per heavy atom. The number of carbonyl (C=O) groups excluding carboxylic acids is 2. The number of amides is 2. The maximum atomic E-state index is 13.3. The molecule has 0 saturated carbocycles. The second-order valence-corrected chi connectivity index (χ2v) is 6.41. The Bertz CT molecular complexity index is 850. The first kappa shape index (κ1) is 21.5. The normalized spacial score (nSPS) is 11.2. The van der Waals surface area contributed by atoms with Gasteiger partial charge in [0.25, 0.3) is 0 Å². The molecule has 2 rings (SSSR count). The van der Waals surface area contributed by atoms with E-state index in [2.05, 4.69) is 0 Å². The van der Waals surface area contributed by atoms with Gasteiger partial charge in [0.2, 0.25) is 11.8 Å².